The maximum Gasteiger partial charge on any atom is 0.253 e. The first-order chi connectivity index (χ1) is 7.13. The third-order valence-corrected chi connectivity index (χ3v) is 2.92. The molecule has 1 aliphatic carbocycles. The van der Waals surface area contributed by atoms with Gasteiger partial charge >= 0.3 is 0 Å². The zero-order chi connectivity index (χ0) is 10.9. The average Bonchev–Trinajstić information content (AvgIpc) is 2.23. The van der Waals surface area contributed by atoms with Crippen LogP contribution in [0.15, 0.2) is 0 Å². The first-order valence-electron chi connectivity index (χ1n) is 5.02. The lowest BCUT2D eigenvalue weighted by Crippen LogP contribution is -2.40. The van der Waals surface area contributed by atoms with Crippen LogP contribution in [0.5, 0.6) is 0 Å². The predicted octanol–water partition coefficient (Wildman–Crippen LogP) is 1.67. The van der Waals surface area contributed by atoms with Crippen molar-refractivity contribution in [2.75, 3.05) is 0 Å². The van der Waals surface area contributed by atoms with Gasteiger partial charge in [-0.25, -0.2) is 4.98 Å². The topological polar surface area (TPSA) is 51.8 Å². The highest BCUT2D eigenvalue weighted by molar-refractivity contribution is 5.16. The lowest BCUT2D eigenvalue weighted by atomic mass is 9.80. The monoisotopic (exact) mass is 212 g/mol. The molecule has 81 valence electrons. The van der Waals surface area contributed by atoms with E-state index in [-0.39, 0.29) is 5.69 Å². The van der Waals surface area contributed by atoms with Gasteiger partial charge in [0, 0.05) is 0 Å². The molecule has 0 amide bonds. The molecule has 0 unspecified atom stereocenters. The molecule has 0 saturated heterocycles. The highest BCUT2D eigenvalue weighted by Crippen LogP contribution is 2.34. The van der Waals surface area contributed by atoms with E-state index in [1.165, 1.54) is 0 Å². The third-order valence-electron chi connectivity index (χ3n) is 2.92. The SMILES string of the molecule is NC1(c2n[c]nc(F)c2F)CCCCC1. The number of halogens is 2. The van der Waals surface area contributed by atoms with Crippen LogP contribution >= 0.6 is 0 Å². The summed E-state index contributed by atoms with van der Waals surface area (Å²) in [5, 5.41) is 0. The second-order valence-corrected chi connectivity index (χ2v) is 3.99. The molecule has 3 nitrogen and oxygen atoms in total. The second-order valence-electron chi connectivity index (χ2n) is 3.99. The van der Waals surface area contributed by atoms with Gasteiger partial charge < -0.3 is 5.73 Å². The number of hydrogen-bond donors (Lipinski definition) is 1. The first-order valence-corrected chi connectivity index (χ1v) is 5.02. The Hall–Kier alpha value is -1.10. The van der Waals surface area contributed by atoms with Crippen molar-refractivity contribution in [1.82, 2.24) is 9.97 Å². The van der Waals surface area contributed by atoms with Crippen molar-refractivity contribution in [2.24, 2.45) is 5.73 Å². The van der Waals surface area contributed by atoms with Crippen LogP contribution in [0, 0.1) is 18.1 Å². The van der Waals surface area contributed by atoms with Crippen LogP contribution in [0.1, 0.15) is 37.8 Å². The fourth-order valence-electron chi connectivity index (χ4n) is 2.06. The van der Waals surface area contributed by atoms with Crippen LogP contribution < -0.4 is 5.73 Å². The van der Waals surface area contributed by atoms with Crippen molar-refractivity contribution in [1.29, 1.82) is 0 Å². The van der Waals surface area contributed by atoms with Gasteiger partial charge in [-0.3, -0.25) is 0 Å². The van der Waals surface area contributed by atoms with Crippen molar-refractivity contribution in [3.05, 3.63) is 23.8 Å². The summed E-state index contributed by atoms with van der Waals surface area (Å²) < 4.78 is 26.3. The molecule has 1 aromatic heterocycles. The van der Waals surface area contributed by atoms with Crippen molar-refractivity contribution >= 4 is 0 Å². The summed E-state index contributed by atoms with van der Waals surface area (Å²) in [6.45, 7) is 0. The summed E-state index contributed by atoms with van der Waals surface area (Å²) in [6.07, 6.45) is 6.28. The Balaban J connectivity index is 2.39. The van der Waals surface area contributed by atoms with Gasteiger partial charge in [-0.1, -0.05) is 19.3 Å². The molecule has 0 atom stereocenters. The Kier molecular flexibility index (Phi) is 2.65. The Bertz CT molecular complexity index is 362. The third kappa shape index (κ3) is 1.84. The molecule has 2 N–H and O–H groups in total. The largest absolute Gasteiger partial charge is 0.320 e. The predicted molar refractivity (Wildman–Crippen MR) is 49.7 cm³/mol. The molecule has 1 aromatic rings. The maximum atomic E-state index is 13.4. The Labute approximate surface area is 86.7 Å². The molecular formula is C10H12F2N3. The Morgan fingerprint density at radius 1 is 1.13 bits per heavy atom. The molecule has 15 heavy (non-hydrogen) atoms. The van der Waals surface area contributed by atoms with Gasteiger partial charge in [-0.05, 0) is 12.8 Å². The minimum atomic E-state index is -1.17. The van der Waals surface area contributed by atoms with Crippen molar-refractivity contribution in [2.45, 2.75) is 37.6 Å². The fourth-order valence-corrected chi connectivity index (χ4v) is 2.06. The zero-order valence-corrected chi connectivity index (χ0v) is 8.26. The van der Waals surface area contributed by atoms with E-state index in [4.69, 9.17) is 5.73 Å². The lowest BCUT2D eigenvalue weighted by Gasteiger charge is -2.32. The number of nitrogens with two attached hydrogens (primary N) is 1. The average molecular weight is 212 g/mol. The van der Waals surface area contributed by atoms with E-state index >= 15 is 0 Å². The van der Waals surface area contributed by atoms with Gasteiger partial charge in [0.05, 0.1) is 5.54 Å². The molecule has 0 aromatic carbocycles. The molecule has 0 bridgehead atoms. The molecule has 0 spiro atoms. The summed E-state index contributed by atoms with van der Waals surface area (Å²) in [6, 6.07) is 0. The standard InChI is InChI=1S/C10H12F2N3/c11-7-8(14-6-15-9(7)12)10(13)4-2-1-3-5-10/h1-5,13H2. The quantitative estimate of drug-likeness (QED) is 0.720. The van der Waals surface area contributed by atoms with Crippen LogP contribution in [0.2, 0.25) is 0 Å². The fraction of sp³-hybridized carbons (Fsp3) is 0.600. The van der Waals surface area contributed by atoms with E-state index < -0.39 is 17.3 Å². The summed E-state index contributed by atoms with van der Waals surface area (Å²) in [4.78, 5) is 6.69. The van der Waals surface area contributed by atoms with Crippen LogP contribution in [-0.4, -0.2) is 9.97 Å². The number of hydrogen-bond acceptors (Lipinski definition) is 3. The Morgan fingerprint density at radius 3 is 2.47 bits per heavy atom. The minimum Gasteiger partial charge on any atom is -0.320 e. The molecule has 1 aliphatic rings. The van der Waals surface area contributed by atoms with E-state index in [1.54, 1.807) is 0 Å². The van der Waals surface area contributed by atoms with Gasteiger partial charge in [0.25, 0.3) is 5.95 Å². The molecule has 1 saturated carbocycles. The number of aromatic nitrogens is 2. The van der Waals surface area contributed by atoms with E-state index in [0.717, 1.165) is 19.3 Å². The highest BCUT2D eigenvalue weighted by Gasteiger charge is 2.34. The molecule has 1 heterocycles. The normalized spacial score (nSPS) is 20.2. The van der Waals surface area contributed by atoms with Gasteiger partial charge in [0.2, 0.25) is 12.1 Å². The van der Waals surface area contributed by atoms with E-state index in [2.05, 4.69) is 16.3 Å². The van der Waals surface area contributed by atoms with E-state index in [9.17, 15) is 8.78 Å². The zero-order valence-electron chi connectivity index (χ0n) is 8.26. The van der Waals surface area contributed by atoms with E-state index in [1.807, 2.05) is 0 Å². The molecule has 1 radical (unpaired) electrons. The maximum absolute atomic E-state index is 13.4. The smallest absolute Gasteiger partial charge is 0.253 e. The van der Waals surface area contributed by atoms with Crippen molar-refractivity contribution in [3.8, 4) is 0 Å². The summed E-state index contributed by atoms with van der Waals surface area (Å²) in [5.74, 6) is -2.20. The lowest BCUT2D eigenvalue weighted by molar-refractivity contribution is 0.278. The number of rotatable bonds is 1. The number of nitrogens with zero attached hydrogens (tertiary/aromatic N) is 2. The van der Waals surface area contributed by atoms with Crippen molar-refractivity contribution < 1.29 is 8.78 Å². The summed E-state index contributed by atoms with van der Waals surface area (Å²) in [5.41, 5.74) is 5.16. The van der Waals surface area contributed by atoms with Gasteiger partial charge in [-0.2, -0.15) is 13.8 Å². The van der Waals surface area contributed by atoms with Crippen LogP contribution in [0.3, 0.4) is 0 Å². The molecule has 1 fully saturated rings. The molecule has 5 heteroatoms. The highest BCUT2D eigenvalue weighted by atomic mass is 19.2. The molecular weight excluding hydrogens is 200 g/mol. The summed E-state index contributed by atoms with van der Waals surface area (Å²) in [7, 11) is 0. The van der Waals surface area contributed by atoms with E-state index in [0.29, 0.717) is 12.8 Å². The summed E-state index contributed by atoms with van der Waals surface area (Å²) >= 11 is 0. The van der Waals surface area contributed by atoms with Crippen molar-refractivity contribution in [3.63, 3.8) is 0 Å². The van der Waals surface area contributed by atoms with Gasteiger partial charge in [0.15, 0.2) is 0 Å². The minimum absolute atomic E-state index is 0.0327. The first kappa shape index (κ1) is 10.4. The van der Waals surface area contributed by atoms with Gasteiger partial charge in [-0.15, -0.1) is 0 Å². The van der Waals surface area contributed by atoms with Crippen LogP contribution in [0.4, 0.5) is 8.78 Å². The molecule has 0 aliphatic heterocycles. The Morgan fingerprint density at radius 2 is 1.80 bits per heavy atom. The van der Waals surface area contributed by atoms with Gasteiger partial charge in [0.1, 0.15) is 5.69 Å². The van der Waals surface area contributed by atoms with Crippen LogP contribution in [-0.2, 0) is 5.54 Å². The van der Waals surface area contributed by atoms with Crippen LogP contribution in [0.25, 0.3) is 0 Å². The second kappa shape index (κ2) is 3.81. The molecule has 2 rings (SSSR count).